The number of carbonyl (C=O) groups excluding carboxylic acids is 1. The number of hydrogen-bond donors (Lipinski definition) is 1. The third-order valence-corrected chi connectivity index (χ3v) is 5.24. The van der Waals surface area contributed by atoms with E-state index >= 15 is 0 Å². The molecule has 0 aliphatic carbocycles. The normalized spacial score (nSPS) is 14.1. The van der Waals surface area contributed by atoms with Crippen molar-refractivity contribution in [3.05, 3.63) is 51.7 Å². The topological polar surface area (TPSA) is 41.6 Å². The van der Waals surface area contributed by atoms with E-state index in [0.29, 0.717) is 17.1 Å². The summed E-state index contributed by atoms with van der Waals surface area (Å²) in [6.45, 7) is 5.54. The molecule has 4 nitrogen and oxygen atoms in total. The van der Waals surface area contributed by atoms with E-state index < -0.39 is 0 Å². The fraction of sp³-hybridized carbons (Fsp3) is 0.381. The van der Waals surface area contributed by atoms with Crippen molar-refractivity contribution in [2.75, 3.05) is 29.9 Å². The van der Waals surface area contributed by atoms with Crippen LogP contribution in [0.3, 0.4) is 0 Å². The van der Waals surface area contributed by atoms with Crippen LogP contribution in [0.5, 0.6) is 5.75 Å². The average Bonchev–Trinajstić information content (AvgIpc) is 2.61. The summed E-state index contributed by atoms with van der Waals surface area (Å²) >= 11 is 3.46. The van der Waals surface area contributed by atoms with Gasteiger partial charge in [0.1, 0.15) is 11.6 Å². The van der Waals surface area contributed by atoms with Gasteiger partial charge in [0.15, 0.2) is 6.61 Å². The highest BCUT2D eigenvalue weighted by Gasteiger charge is 2.16. The van der Waals surface area contributed by atoms with Crippen LogP contribution in [0.1, 0.15) is 30.4 Å². The fourth-order valence-electron chi connectivity index (χ4n) is 3.40. The molecule has 0 atom stereocenters. The molecule has 1 N–H and O–H groups in total. The minimum absolute atomic E-state index is 0.141. The lowest BCUT2D eigenvalue weighted by Crippen LogP contribution is -2.30. The number of hydrogen-bond acceptors (Lipinski definition) is 3. The Morgan fingerprint density at radius 2 is 1.93 bits per heavy atom. The Kier molecular flexibility index (Phi) is 6.37. The first kappa shape index (κ1) is 19.7. The van der Waals surface area contributed by atoms with E-state index in [-0.39, 0.29) is 18.3 Å². The quantitative estimate of drug-likeness (QED) is 0.701. The zero-order valence-corrected chi connectivity index (χ0v) is 17.2. The lowest BCUT2D eigenvalue weighted by Gasteiger charge is -2.29. The zero-order chi connectivity index (χ0) is 19.4. The van der Waals surface area contributed by atoms with Gasteiger partial charge in [0.25, 0.3) is 5.91 Å². The number of halogens is 2. The molecule has 3 rings (SSSR count). The summed E-state index contributed by atoms with van der Waals surface area (Å²) in [6.07, 6.45) is 3.37. The van der Waals surface area contributed by atoms with Crippen LogP contribution in [0.25, 0.3) is 0 Å². The monoisotopic (exact) mass is 434 g/mol. The van der Waals surface area contributed by atoms with E-state index in [9.17, 15) is 9.18 Å². The molecule has 0 aromatic heterocycles. The number of amides is 1. The minimum Gasteiger partial charge on any atom is -0.482 e. The first-order chi connectivity index (χ1) is 12.9. The van der Waals surface area contributed by atoms with Crippen LogP contribution in [-0.2, 0) is 4.79 Å². The molecule has 1 fully saturated rings. The van der Waals surface area contributed by atoms with Gasteiger partial charge in [0.2, 0.25) is 0 Å². The fourth-order valence-corrected chi connectivity index (χ4v) is 4.18. The summed E-state index contributed by atoms with van der Waals surface area (Å²) in [7, 11) is 0. The summed E-state index contributed by atoms with van der Waals surface area (Å²) in [4.78, 5) is 14.2. The van der Waals surface area contributed by atoms with E-state index in [0.717, 1.165) is 41.5 Å². The molecule has 144 valence electrons. The van der Waals surface area contributed by atoms with Crippen molar-refractivity contribution in [2.45, 2.75) is 33.1 Å². The van der Waals surface area contributed by atoms with Crippen LogP contribution in [0.2, 0.25) is 0 Å². The van der Waals surface area contributed by atoms with Crippen LogP contribution < -0.4 is 15.0 Å². The maximum absolute atomic E-state index is 14.4. The molecule has 27 heavy (non-hydrogen) atoms. The Morgan fingerprint density at radius 1 is 1.19 bits per heavy atom. The number of nitrogens with zero attached hydrogens (tertiary/aromatic N) is 1. The average molecular weight is 435 g/mol. The Morgan fingerprint density at radius 3 is 2.59 bits per heavy atom. The van der Waals surface area contributed by atoms with Crippen LogP contribution in [0.15, 0.2) is 34.8 Å². The second-order valence-corrected chi connectivity index (χ2v) is 7.80. The van der Waals surface area contributed by atoms with Crippen molar-refractivity contribution in [1.29, 1.82) is 0 Å². The van der Waals surface area contributed by atoms with Gasteiger partial charge < -0.3 is 15.0 Å². The molecule has 1 aliphatic heterocycles. The van der Waals surface area contributed by atoms with Gasteiger partial charge in [-0.1, -0.05) is 6.07 Å². The predicted molar refractivity (Wildman–Crippen MR) is 110 cm³/mol. The Balaban J connectivity index is 1.60. The van der Waals surface area contributed by atoms with Crippen molar-refractivity contribution in [1.82, 2.24) is 0 Å². The van der Waals surface area contributed by atoms with Crippen molar-refractivity contribution >= 4 is 33.2 Å². The van der Waals surface area contributed by atoms with Gasteiger partial charge in [-0.25, -0.2) is 4.39 Å². The number of benzene rings is 2. The molecule has 1 aliphatic rings. The maximum atomic E-state index is 14.4. The minimum atomic E-state index is -0.327. The van der Waals surface area contributed by atoms with Crippen LogP contribution >= 0.6 is 15.9 Å². The van der Waals surface area contributed by atoms with Crippen molar-refractivity contribution < 1.29 is 13.9 Å². The van der Waals surface area contributed by atoms with Gasteiger partial charge in [-0.05, 0) is 84.4 Å². The Labute approximate surface area is 167 Å². The van der Waals surface area contributed by atoms with Crippen molar-refractivity contribution in [2.24, 2.45) is 0 Å². The Bertz CT molecular complexity index is 812. The van der Waals surface area contributed by atoms with Crippen LogP contribution in [0.4, 0.5) is 15.8 Å². The van der Waals surface area contributed by atoms with E-state index in [1.807, 2.05) is 26.0 Å². The molecule has 0 unspecified atom stereocenters. The summed E-state index contributed by atoms with van der Waals surface area (Å²) in [5.74, 6) is 0.00196. The van der Waals surface area contributed by atoms with Gasteiger partial charge >= 0.3 is 0 Å². The second-order valence-electron chi connectivity index (χ2n) is 6.94. The largest absolute Gasteiger partial charge is 0.482 e. The molecule has 1 saturated heterocycles. The van der Waals surface area contributed by atoms with Gasteiger partial charge in [-0.15, -0.1) is 0 Å². The molecule has 2 aromatic rings. The zero-order valence-electron chi connectivity index (χ0n) is 15.6. The number of piperidine rings is 1. The molecule has 0 radical (unpaired) electrons. The lowest BCUT2D eigenvalue weighted by atomic mass is 10.1. The smallest absolute Gasteiger partial charge is 0.262 e. The van der Waals surface area contributed by atoms with Crippen molar-refractivity contribution in [3.8, 4) is 5.75 Å². The number of rotatable bonds is 5. The standard InChI is InChI=1S/C21H24BrFN2O2/c1-14-10-15(2)21(17(22)11-14)27-13-20(26)24-16-6-7-19(18(23)12-16)25-8-4-3-5-9-25/h6-7,10-12H,3-5,8-9,13H2,1-2H3,(H,24,26). The third kappa shape index (κ3) is 5.01. The summed E-state index contributed by atoms with van der Waals surface area (Å²) in [5.41, 5.74) is 3.09. The number of carbonyl (C=O) groups is 1. The SMILES string of the molecule is Cc1cc(C)c(OCC(=O)Nc2ccc(N3CCCCC3)c(F)c2)c(Br)c1. The number of anilines is 2. The molecule has 0 bridgehead atoms. The molecule has 2 aromatic carbocycles. The molecule has 6 heteroatoms. The van der Waals surface area contributed by atoms with E-state index in [4.69, 9.17) is 4.74 Å². The molecule has 1 amide bonds. The number of aryl methyl sites for hydroxylation is 2. The van der Waals surface area contributed by atoms with Gasteiger partial charge in [-0.2, -0.15) is 0 Å². The summed E-state index contributed by atoms with van der Waals surface area (Å²) < 4.78 is 20.9. The van der Waals surface area contributed by atoms with Crippen LogP contribution in [0, 0.1) is 19.7 Å². The lowest BCUT2D eigenvalue weighted by molar-refractivity contribution is -0.118. The first-order valence-corrected chi connectivity index (χ1v) is 9.97. The highest BCUT2D eigenvalue weighted by atomic mass is 79.9. The maximum Gasteiger partial charge on any atom is 0.262 e. The van der Waals surface area contributed by atoms with E-state index in [2.05, 4.69) is 26.1 Å². The third-order valence-electron chi connectivity index (χ3n) is 4.65. The Hall–Kier alpha value is -2.08. The molecule has 0 spiro atoms. The van der Waals surface area contributed by atoms with Crippen LogP contribution in [-0.4, -0.2) is 25.6 Å². The molecule has 1 heterocycles. The van der Waals surface area contributed by atoms with Crippen molar-refractivity contribution in [3.63, 3.8) is 0 Å². The van der Waals surface area contributed by atoms with Gasteiger partial charge in [0.05, 0.1) is 10.2 Å². The van der Waals surface area contributed by atoms with E-state index in [1.165, 1.54) is 12.5 Å². The summed E-state index contributed by atoms with van der Waals surface area (Å²) in [6, 6.07) is 8.77. The highest BCUT2D eigenvalue weighted by molar-refractivity contribution is 9.10. The second kappa shape index (κ2) is 8.74. The van der Waals surface area contributed by atoms with Gasteiger partial charge in [-0.3, -0.25) is 4.79 Å². The van der Waals surface area contributed by atoms with Gasteiger partial charge in [0, 0.05) is 18.8 Å². The molecular formula is C21H24BrFN2O2. The first-order valence-electron chi connectivity index (χ1n) is 9.18. The number of ether oxygens (including phenoxy) is 1. The molecule has 0 saturated carbocycles. The van der Waals surface area contributed by atoms with E-state index in [1.54, 1.807) is 12.1 Å². The molecular weight excluding hydrogens is 411 g/mol. The highest BCUT2D eigenvalue weighted by Crippen LogP contribution is 2.30. The summed E-state index contributed by atoms with van der Waals surface area (Å²) in [5, 5.41) is 2.70. The number of nitrogens with one attached hydrogen (secondary N) is 1. The predicted octanol–water partition coefficient (Wildman–Crippen LogP) is 5.21.